The molecule has 1 aromatic heterocycles. The molecule has 3 N–H and O–H groups in total. The van der Waals surface area contributed by atoms with Crippen molar-refractivity contribution in [2.24, 2.45) is 0 Å². The zero-order valence-electron chi connectivity index (χ0n) is 14.2. The van der Waals surface area contributed by atoms with E-state index < -0.39 is 6.03 Å². The van der Waals surface area contributed by atoms with Crippen molar-refractivity contribution in [1.29, 1.82) is 0 Å². The number of hydrogen-bond donors (Lipinski definition) is 3. The zero-order valence-corrected chi connectivity index (χ0v) is 14.2. The van der Waals surface area contributed by atoms with E-state index >= 15 is 0 Å². The van der Waals surface area contributed by atoms with Crippen molar-refractivity contribution in [3.8, 4) is 0 Å². The second-order valence-corrected chi connectivity index (χ2v) is 6.53. The number of fused-ring (bicyclic) bond motifs is 3. The third-order valence-electron chi connectivity index (χ3n) is 4.89. The maximum absolute atomic E-state index is 12.6. The second-order valence-electron chi connectivity index (χ2n) is 6.53. The maximum Gasteiger partial charge on any atom is 0.324 e. The lowest BCUT2D eigenvalue weighted by atomic mass is 9.96. The van der Waals surface area contributed by atoms with Crippen LogP contribution in [0.4, 0.5) is 16.3 Å². The quantitative estimate of drug-likeness (QED) is 0.792. The number of anilines is 2. The monoisotopic (exact) mass is 352 g/mol. The first-order valence-electron chi connectivity index (χ1n) is 8.76. The van der Waals surface area contributed by atoms with Crippen molar-refractivity contribution in [3.05, 3.63) is 53.2 Å². The summed E-state index contributed by atoms with van der Waals surface area (Å²) in [6, 6.07) is 10.1. The second kappa shape index (κ2) is 6.76. The molecular formula is C19H20N4O3. The summed E-state index contributed by atoms with van der Waals surface area (Å²) in [6.07, 6.45) is 3.01. The van der Waals surface area contributed by atoms with E-state index in [4.69, 9.17) is 5.11 Å². The van der Waals surface area contributed by atoms with E-state index in [1.807, 2.05) is 17.0 Å². The summed E-state index contributed by atoms with van der Waals surface area (Å²) in [5.41, 5.74) is 2.72. The van der Waals surface area contributed by atoms with E-state index in [0.717, 1.165) is 31.4 Å². The summed E-state index contributed by atoms with van der Waals surface area (Å²) in [5, 5.41) is 14.7. The molecule has 0 aliphatic carbocycles. The van der Waals surface area contributed by atoms with E-state index in [-0.39, 0.29) is 18.6 Å². The van der Waals surface area contributed by atoms with Crippen molar-refractivity contribution in [2.75, 3.05) is 17.2 Å². The molecule has 1 fully saturated rings. The Morgan fingerprint density at radius 2 is 2.04 bits per heavy atom. The largest absolute Gasteiger partial charge is 0.390 e. The van der Waals surface area contributed by atoms with Crippen LogP contribution >= 0.6 is 0 Å². The van der Waals surface area contributed by atoms with Gasteiger partial charge in [-0.3, -0.25) is 10.1 Å². The number of aromatic nitrogens is 1. The number of aliphatic hydroxyl groups excluding tert-OH is 1. The number of aliphatic hydroxyl groups is 1. The Morgan fingerprint density at radius 1 is 1.19 bits per heavy atom. The van der Waals surface area contributed by atoms with Crippen LogP contribution in [0, 0.1) is 0 Å². The van der Waals surface area contributed by atoms with Crippen LogP contribution in [0.25, 0.3) is 0 Å². The SMILES string of the molecule is O=C(Nc1cccc(CO)n1)Nc1cccc2c1C1CCCCN1C2=O. The van der Waals surface area contributed by atoms with E-state index in [0.29, 0.717) is 22.8 Å². The third-order valence-corrected chi connectivity index (χ3v) is 4.89. The first-order valence-corrected chi connectivity index (χ1v) is 8.76. The summed E-state index contributed by atoms with van der Waals surface area (Å²) in [5.74, 6) is 0.406. The van der Waals surface area contributed by atoms with Gasteiger partial charge in [-0.15, -0.1) is 0 Å². The molecule has 1 aromatic carbocycles. The fraction of sp³-hybridized carbons (Fsp3) is 0.316. The lowest BCUT2D eigenvalue weighted by molar-refractivity contribution is 0.0672. The number of carbonyl (C=O) groups is 2. The van der Waals surface area contributed by atoms with Gasteiger partial charge in [-0.2, -0.15) is 0 Å². The number of amides is 3. The molecule has 0 radical (unpaired) electrons. The smallest absolute Gasteiger partial charge is 0.324 e. The molecule has 0 saturated carbocycles. The molecular weight excluding hydrogens is 332 g/mol. The number of hydrogen-bond acceptors (Lipinski definition) is 4. The number of pyridine rings is 1. The van der Waals surface area contributed by atoms with Crippen LogP contribution in [-0.2, 0) is 6.61 Å². The van der Waals surface area contributed by atoms with Crippen LogP contribution in [0.5, 0.6) is 0 Å². The molecule has 0 spiro atoms. The van der Waals surface area contributed by atoms with Gasteiger partial charge in [0.15, 0.2) is 0 Å². The zero-order chi connectivity index (χ0) is 18.1. The molecule has 1 unspecified atom stereocenters. The number of nitrogens with zero attached hydrogens (tertiary/aromatic N) is 2. The van der Waals surface area contributed by atoms with Gasteiger partial charge in [0.1, 0.15) is 5.82 Å². The molecule has 7 heteroatoms. The third kappa shape index (κ3) is 2.90. The van der Waals surface area contributed by atoms with Gasteiger partial charge >= 0.3 is 6.03 Å². The van der Waals surface area contributed by atoms with Crippen molar-refractivity contribution >= 4 is 23.4 Å². The van der Waals surface area contributed by atoms with Crippen LogP contribution in [0.2, 0.25) is 0 Å². The summed E-state index contributed by atoms with van der Waals surface area (Å²) in [7, 11) is 0. The molecule has 2 aliphatic rings. The lowest BCUT2D eigenvalue weighted by Gasteiger charge is -2.30. The number of rotatable bonds is 3. The fourth-order valence-electron chi connectivity index (χ4n) is 3.76. The average molecular weight is 352 g/mol. The van der Waals surface area contributed by atoms with Gasteiger partial charge in [-0.05, 0) is 43.5 Å². The maximum atomic E-state index is 12.6. The highest BCUT2D eigenvalue weighted by Crippen LogP contribution is 2.43. The summed E-state index contributed by atoms with van der Waals surface area (Å²) < 4.78 is 0. The van der Waals surface area contributed by atoms with Crippen LogP contribution in [0.3, 0.4) is 0 Å². The Hall–Kier alpha value is -2.93. The number of benzene rings is 1. The predicted molar refractivity (Wildman–Crippen MR) is 96.9 cm³/mol. The summed E-state index contributed by atoms with van der Waals surface area (Å²) in [4.78, 5) is 31.0. The first-order chi connectivity index (χ1) is 12.7. The van der Waals surface area contributed by atoms with Crippen LogP contribution in [0.15, 0.2) is 36.4 Å². The van der Waals surface area contributed by atoms with E-state index in [1.165, 1.54) is 0 Å². The van der Waals surface area contributed by atoms with Crippen molar-refractivity contribution in [1.82, 2.24) is 9.88 Å². The summed E-state index contributed by atoms with van der Waals surface area (Å²) >= 11 is 0. The number of nitrogens with one attached hydrogen (secondary N) is 2. The highest BCUT2D eigenvalue weighted by molar-refractivity contribution is 6.04. The van der Waals surface area contributed by atoms with Gasteiger partial charge in [0.25, 0.3) is 5.91 Å². The molecule has 2 aliphatic heterocycles. The molecule has 2 aromatic rings. The molecule has 4 rings (SSSR count). The normalized spacial score (nSPS) is 18.3. The summed E-state index contributed by atoms with van der Waals surface area (Å²) in [6.45, 7) is 0.574. The van der Waals surface area contributed by atoms with Crippen molar-refractivity contribution < 1.29 is 14.7 Å². The molecule has 1 saturated heterocycles. The van der Waals surface area contributed by atoms with Crippen LogP contribution in [-0.4, -0.2) is 33.5 Å². The Bertz CT molecular complexity index is 868. The van der Waals surface area contributed by atoms with Crippen molar-refractivity contribution in [3.63, 3.8) is 0 Å². The molecule has 26 heavy (non-hydrogen) atoms. The molecule has 7 nitrogen and oxygen atoms in total. The minimum atomic E-state index is -0.428. The Balaban J connectivity index is 1.56. The van der Waals surface area contributed by atoms with E-state index in [9.17, 15) is 9.59 Å². The molecule has 1 atom stereocenters. The Kier molecular flexibility index (Phi) is 4.30. The number of carbonyl (C=O) groups excluding carboxylic acids is 2. The van der Waals surface area contributed by atoms with Gasteiger partial charge in [0, 0.05) is 23.4 Å². The van der Waals surface area contributed by atoms with Gasteiger partial charge < -0.3 is 15.3 Å². The molecule has 134 valence electrons. The van der Waals surface area contributed by atoms with E-state index in [1.54, 1.807) is 24.3 Å². The fourth-order valence-corrected chi connectivity index (χ4v) is 3.76. The van der Waals surface area contributed by atoms with E-state index in [2.05, 4.69) is 15.6 Å². The molecule has 3 heterocycles. The number of urea groups is 1. The topological polar surface area (TPSA) is 94.6 Å². The highest BCUT2D eigenvalue weighted by atomic mass is 16.3. The average Bonchev–Trinajstić information content (AvgIpc) is 2.96. The van der Waals surface area contributed by atoms with Crippen LogP contribution in [0.1, 0.15) is 46.9 Å². The first kappa shape index (κ1) is 16.5. The van der Waals surface area contributed by atoms with Gasteiger partial charge in [-0.1, -0.05) is 12.1 Å². The standard InChI is InChI=1S/C19H20N4O3/c24-11-12-5-3-9-16(20-12)22-19(26)21-14-7-4-6-13-17(14)15-8-1-2-10-23(15)18(13)25/h3-7,9,15,24H,1-2,8,10-11H2,(H2,20,21,22,26). The van der Waals surface area contributed by atoms with Gasteiger partial charge in [-0.25, -0.2) is 9.78 Å². The minimum Gasteiger partial charge on any atom is -0.390 e. The Morgan fingerprint density at radius 3 is 2.88 bits per heavy atom. The number of piperidine rings is 1. The molecule has 3 amide bonds. The van der Waals surface area contributed by atoms with Gasteiger partial charge in [0.05, 0.1) is 18.3 Å². The predicted octanol–water partition coefficient (Wildman–Crippen LogP) is 2.90. The Labute approximate surface area is 151 Å². The van der Waals surface area contributed by atoms with Crippen LogP contribution < -0.4 is 10.6 Å². The molecule has 0 bridgehead atoms. The lowest BCUT2D eigenvalue weighted by Crippen LogP contribution is -2.32. The van der Waals surface area contributed by atoms with Crippen molar-refractivity contribution in [2.45, 2.75) is 31.9 Å². The minimum absolute atomic E-state index is 0.0404. The van der Waals surface area contributed by atoms with Gasteiger partial charge in [0.2, 0.25) is 0 Å². The highest BCUT2D eigenvalue weighted by Gasteiger charge is 2.39.